The van der Waals surface area contributed by atoms with Gasteiger partial charge in [-0.25, -0.2) is 0 Å². The molecule has 292 valence electrons. The predicted molar refractivity (Wildman–Crippen MR) is 258 cm³/mol. The molecule has 11 rings (SSSR count). The van der Waals surface area contributed by atoms with Crippen LogP contribution >= 0.6 is 0 Å². The molecule has 0 unspecified atom stereocenters. The number of hydrogen-bond donors (Lipinski definition) is 0. The Kier molecular flexibility index (Phi) is 8.58. The molecule has 0 spiro atoms. The Labute approximate surface area is 360 Å². The Morgan fingerprint density at radius 2 is 0.705 bits per heavy atom. The van der Waals surface area contributed by atoms with Gasteiger partial charge >= 0.3 is 0 Å². The van der Waals surface area contributed by atoms with Gasteiger partial charge in [-0.3, -0.25) is 0 Å². The fourth-order valence-electron chi connectivity index (χ4n) is 10.3. The monoisotopic (exact) mass is 781 g/mol. The fourth-order valence-corrected chi connectivity index (χ4v) is 10.3. The number of rotatable bonds is 7. The van der Waals surface area contributed by atoms with Crippen LogP contribution in [0, 0.1) is 0 Å². The Balaban J connectivity index is 1.11. The van der Waals surface area contributed by atoms with Gasteiger partial charge in [0.25, 0.3) is 0 Å². The van der Waals surface area contributed by atoms with Crippen molar-refractivity contribution in [2.45, 2.75) is 38.5 Å². The number of fused-ring (bicyclic) bond motifs is 6. The highest BCUT2D eigenvalue weighted by Gasteiger charge is 2.44. The smallest absolute Gasteiger partial charge is 0.0540 e. The van der Waals surface area contributed by atoms with Crippen LogP contribution in [0.4, 0.5) is 17.1 Å². The van der Waals surface area contributed by atoms with Gasteiger partial charge in [0.1, 0.15) is 0 Å². The lowest BCUT2D eigenvalue weighted by Gasteiger charge is -2.30. The van der Waals surface area contributed by atoms with Gasteiger partial charge in [-0.1, -0.05) is 210 Å². The molecule has 61 heavy (non-hydrogen) atoms. The molecule has 0 fully saturated rings. The highest BCUT2D eigenvalue weighted by molar-refractivity contribution is 6.04. The van der Waals surface area contributed by atoms with E-state index in [1.807, 2.05) is 0 Å². The van der Waals surface area contributed by atoms with Crippen LogP contribution in [0.2, 0.25) is 0 Å². The number of nitrogens with zero attached hydrogens (tertiary/aromatic N) is 1. The van der Waals surface area contributed by atoms with E-state index < -0.39 is 0 Å². The zero-order valence-electron chi connectivity index (χ0n) is 35.2. The first-order valence-electron chi connectivity index (χ1n) is 21.5. The summed E-state index contributed by atoms with van der Waals surface area (Å²) in [6.07, 6.45) is 0. The summed E-state index contributed by atoms with van der Waals surface area (Å²) in [5, 5.41) is 0. The maximum absolute atomic E-state index is 2.56. The third-order valence-corrected chi connectivity index (χ3v) is 13.5. The largest absolute Gasteiger partial charge is 0.310 e. The number of benzene rings is 9. The van der Waals surface area contributed by atoms with Crippen LogP contribution in [0.25, 0.3) is 66.8 Å². The van der Waals surface area contributed by atoms with E-state index in [0.717, 1.165) is 17.1 Å². The lowest BCUT2D eigenvalue weighted by atomic mass is 9.76. The van der Waals surface area contributed by atoms with Crippen molar-refractivity contribution in [1.29, 1.82) is 0 Å². The van der Waals surface area contributed by atoms with Crippen LogP contribution in [-0.2, 0) is 10.8 Å². The SMILES string of the molecule is CC1(C)c2ccccc2-c2c1cc1c(c2-c2ccccc2)-c2ccc(N(c3ccc(-c4ccccc4)cc3)c3ccccc3-c3ccc(-c4ccccc4)cc3)cc2C1(C)C. The van der Waals surface area contributed by atoms with Gasteiger partial charge in [-0.15, -0.1) is 0 Å². The molecule has 0 bridgehead atoms. The van der Waals surface area contributed by atoms with Crippen molar-refractivity contribution in [2.75, 3.05) is 4.90 Å². The molecule has 2 aliphatic carbocycles. The predicted octanol–water partition coefficient (Wildman–Crippen LogP) is 16.4. The average molecular weight is 782 g/mol. The Bertz CT molecular complexity index is 3080. The van der Waals surface area contributed by atoms with Crippen LogP contribution in [-0.4, -0.2) is 0 Å². The van der Waals surface area contributed by atoms with E-state index in [1.54, 1.807) is 0 Å². The first-order chi connectivity index (χ1) is 29.8. The van der Waals surface area contributed by atoms with Crippen LogP contribution in [0.5, 0.6) is 0 Å². The fraction of sp³-hybridized carbons (Fsp3) is 0.100. The molecular formula is C60H47N. The zero-order chi connectivity index (χ0) is 41.3. The summed E-state index contributed by atoms with van der Waals surface area (Å²) in [4.78, 5) is 2.46. The summed E-state index contributed by atoms with van der Waals surface area (Å²) in [5.74, 6) is 0. The first-order valence-corrected chi connectivity index (χ1v) is 21.5. The van der Waals surface area contributed by atoms with E-state index in [0.29, 0.717) is 0 Å². The summed E-state index contributed by atoms with van der Waals surface area (Å²) in [6.45, 7) is 9.66. The minimum Gasteiger partial charge on any atom is -0.310 e. The molecule has 1 nitrogen and oxygen atoms in total. The van der Waals surface area contributed by atoms with Crippen molar-refractivity contribution >= 4 is 17.1 Å². The summed E-state index contributed by atoms with van der Waals surface area (Å²) in [6, 6.07) is 78.2. The maximum Gasteiger partial charge on any atom is 0.0540 e. The van der Waals surface area contributed by atoms with Crippen LogP contribution < -0.4 is 4.90 Å². The molecule has 0 atom stereocenters. The van der Waals surface area contributed by atoms with E-state index >= 15 is 0 Å². The number of para-hydroxylation sites is 1. The Morgan fingerprint density at radius 1 is 0.279 bits per heavy atom. The Hall–Kier alpha value is -7.22. The van der Waals surface area contributed by atoms with E-state index in [-0.39, 0.29) is 10.8 Å². The highest BCUT2D eigenvalue weighted by Crippen LogP contribution is 2.61. The second-order valence-corrected chi connectivity index (χ2v) is 17.7. The second-order valence-electron chi connectivity index (χ2n) is 17.7. The minimum atomic E-state index is -0.250. The molecule has 0 aliphatic heterocycles. The molecule has 0 saturated carbocycles. The zero-order valence-corrected chi connectivity index (χ0v) is 35.2. The molecule has 0 aromatic heterocycles. The summed E-state index contributed by atoms with van der Waals surface area (Å²) in [5.41, 5.74) is 23.8. The number of anilines is 3. The third kappa shape index (κ3) is 5.91. The molecule has 9 aromatic carbocycles. The van der Waals surface area contributed by atoms with Crippen molar-refractivity contribution in [1.82, 2.24) is 0 Å². The molecule has 1 heteroatoms. The second kappa shape index (κ2) is 14.2. The molecule has 2 aliphatic rings. The van der Waals surface area contributed by atoms with Gasteiger partial charge < -0.3 is 4.90 Å². The molecule has 0 N–H and O–H groups in total. The van der Waals surface area contributed by atoms with Crippen molar-refractivity contribution in [3.63, 3.8) is 0 Å². The average Bonchev–Trinajstić information content (AvgIpc) is 3.68. The van der Waals surface area contributed by atoms with Crippen LogP contribution in [0.3, 0.4) is 0 Å². The number of hydrogen-bond acceptors (Lipinski definition) is 1. The highest BCUT2D eigenvalue weighted by atomic mass is 15.1. The van der Waals surface area contributed by atoms with Crippen LogP contribution in [0.1, 0.15) is 49.9 Å². The van der Waals surface area contributed by atoms with Gasteiger partial charge in [0.2, 0.25) is 0 Å². The molecule has 0 heterocycles. The normalized spacial score (nSPS) is 13.8. The quantitative estimate of drug-likeness (QED) is 0.156. The van der Waals surface area contributed by atoms with Crippen molar-refractivity contribution in [3.05, 3.63) is 235 Å². The van der Waals surface area contributed by atoms with Crippen LogP contribution in [0.15, 0.2) is 212 Å². The van der Waals surface area contributed by atoms with Gasteiger partial charge in [-0.2, -0.15) is 0 Å². The van der Waals surface area contributed by atoms with E-state index in [2.05, 4.69) is 245 Å². The molecule has 9 aromatic rings. The summed E-state index contributed by atoms with van der Waals surface area (Å²) < 4.78 is 0. The molecule has 0 saturated heterocycles. The summed E-state index contributed by atoms with van der Waals surface area (Å²) in [7, 11) is 0. The van der Waals surface area contributed by atoms with E-state index in [4.69, 9.17) is 0 Å². The first kappa shape index (κ1) is 36.8. The maximum atomic E-state index is 2.56. The lowest BCUT2D eigenvalue weighted by molar-refractivity contribution is 0.639. The lowest BCUT2D eigenvalue weighted by Crippen LogP contribution is -2.19. The minimum absolute atomic E-state index is 0.119. The Morgan fingerprint density at radius 3 is 1.31 bits per heavy atom. The molecular weight excluding hydrogens is 735 g/mol. The molecule has 0 amide bonds. The topological polar surface area (TPSA) is 3.24 Å². The van der Waals surface area contributed by atoms with Gasteiger partial charge in [0, 0.05) is 27.8 Å². The van der Waals surface area contributed by atoms with E-state index in [9.17, 15) is 0 Å². The van der Waals surface area contributed by atoms with Gasteiger partial charge in [0.15, 0.2) is 0 Å². The van der Waals surface area contributed by atoms with Crippen molar-refractivity contribution in [2.24, 2.45) is 0 Å². The third-order valence-electron chi connectivity index (χ3n) is 13.5. The summed E-state index contributed by atoms with van der Waals surface area (Å²) >= 11 is 0. The standard InChI is InChI=1S/C60H47N/c1-59(2)51-26-16-14-25-49(51)57-53(59)39-54-58(56(57)45-22-12-7-13-23-45)50-37-36-47(38-52(50)60(54,3)4)61(46-34-32-43(33-35-46)41-20-10-6-11-21-41)55-27-17-15-24-48(55)44-30-28-42(29-31-44)40-18-8-5-9-19-40/h5-39H,1-4H3. The molecule has 0 radical (unpaired) electrons. The van der Waals surface area contributed by atoms with Crippen molar-refractivity contribution < 1.29 is 0 Å². The van der Waals surface area contributed by atoms with Gasteiger partial charge in [-0.05, 0) is 114 Å². The van der Waals surface area contributed by atoms with Gasteiger partial charge in [0.05, 0.1) is 5.69 Å². The van der Waals surface area contributed by atoms with E-state index in [1.165, 1.54) is 89.0 Å². The van der Waals surface area contributed by atoms with Crippen molar-refractivity contribution in [3.8, 4) is 66.8 Å².